The molecular weight excluding hydrogens is 376 g/mol. The first-order valence-corrected chi connectivity index (χ1v) is 9.57. The van der Waals surface area contributed by atoms with Crippen molar-refractivity contribution >= 4 is 22.8 Å². The summed E-state index contributed by atoms with van der Waals surface area (Å²) in [6.45, 7) is 0. The molecule has 4 aromatic rings. The molecule has 4 heteroatoms. The number of carboxylic acids is 1. The molecule has 0 radical (unpaired) electrons. The maximum Gasteiger partial charge on any atom is 0.307 e. The molecule has 0 aromatic heterocycles. The molecule has 0 bridgehead atoms. The highest BCUT2D eigenvalue weighted by atomic mass is 16.5. The SMILES string of the molecule is O=C(O)C/C=C/c1ccc(Oc2c(-c3ccc(O)cc3)ccc3ccccc23)cc1. The molecule has 0 heterocycles. The number of aliphatic carboxylic acids is 1. The summed E-state index contributed by atoms with van der Waals surface area (Å²) >= 11 is 0. The number of benzene rings is 4. The van der Waals surface area contributed by atoms with Gasteiger partial charge in [0.05, 0.1) is 6.42 Å². The molecule has 4 nitrogen and oxygen atoms in total. The van der Waals surface area contributed by atoms with E-state index in [9.17, 15) is 9.90 Å². The zero-order chi connectivity index (χ0) is 20.9. The van der Waals surface area contributed by atoms with E-state index in [1.165, 1.54) is 0 Å². The maximum atomic E-state index is 10.6. The second-order valence-corrected chi connectivity index (χ2v) is 6.88. The Hall–Kier alpha value is -4.05. The van der Waals surface area contributed by atoms with E-state index in [1.807, 2.05) is 66.7 Å². The van der Waals surface area contributed by atoms with Crippen LogP contribution in [0.4, 0.5) is 0 Å². The number of fused-ring (bicyclic) bond motifs is 1. The van der Waals surface area contributed by atoms with Crippen molar-refractivity contribution in [3.05, 3.63) is 96.6 Å². The van der Waals surface area contributed by atoms with Crippen molar-refractivity contribution < 1.29 is 19.7 Å². The molecule has 0 amide bonds. The number of aromatic hydroxyl groups is 1. The fourth-order valence-corrected chi connectivity index (χ4v) is 3.28. The summed E-state index contributed by atoms with van der Waals surface area (Å²) in [5.41, 5.74) is 2.78. The molecule has 0 aliphatic rings. The van der Waals surface area contributed by atoms with E-state index < -0.39 is 5.97 Å². The Kier molecular flexibility index (Phi) is 5.48. The third kappa shape index (κ3) is 4.33. The minimum atomic E-state index is -0.857. The Bertz CT molecular complexity index is 1210. The monoisotopic (exact) mass is 396 g/mol. The largest absolute Gasteiger partial charge is 0.508 e. The van der Waals surface area contributed by atoms with Crippen LogP contribution in [-0.2, 0) is 4.79 Å². The quantitative estimate of drug-likeness (QED) is 0.391. The lowest BCUT2D eigenvalue weighted by Crippen LogP contribution is -1.91. The van der Waals surface area contributed by atoms with Gasteiger partial charge >= 0.3 is 5.97 Å². The van der Waals surface area contributed by atoms with E-state index in [0.29, 0.717) is 5.75 Å². The summed E-state index contributed by atoms with van der Waals surface area (Å²) in [6, 6.07) is 26.7. The summed E-state index contributed by atoms with van der Waals surface area (Å²) in [7, 11) is 0. The molecule has 0 saturated heterocycles. The van der Waals surface area contributed by atoms with Crippen LogP contribution in [-0.4, -0.2) is 16.2 Å². The van der Waals surface area contributed by atoms with Gasteiger partial charge in [-0.05, 0) is 46.8 Å². The number of ether oxygens (including phenoxy) is 1. The normalized spacial score (nSPS) is 11.1. The van der Waals surface area contributed by atoms with E-state index >= 15 is 0 Å². The molecule has 0 saturated carbocycles. The highest BCUT2D eigenvalue weighted by Gasteiger charge is 2.12. The Morgan fingerprint density at radius 2 is 1.60 bits per heavy atom. The number of phenolic OH excluding ortho intramolecular Hbond substituents is 1. The molecule has 30 heavy (non-hydrogen) atoms. The van der Waals surface area contributed by atoms with Crippen molar-refractivity contribution in [1.82, 2.24) is 0 Å². The Balaban J connectivity index is 1.70. The highest BCUT2D eigenvalue weighted by molar-refractivity contribution is 5.95. The molecule has 0 aliphatic heterocycles. The van der Waals surface area contributed by atoms with Gasteiger partial charge in [0, 0.05) is 10.9 Å². The zero-order valence-corrected chi connectivity index (χ0v) is 16.2. The standard InChI is InChI=1S/C26H20O4/c27-21-13-10-20(11-14-21)24-17-12-19-5-1-2-6-23(19)26(24)30-22-15-8-18(9-16-22)4-3-7-25(28)29/h1-6,8-17,27H,7H2,(H,28,29)/b4-3+. The molecule has 0 atom stereocenters. The van der Waals surface area contributed by atoms with Crippen LogP contribution in [0.25, 0.3) is 28.0 Å². The van der Waals surface area contributed by atoms with Crippen molar-refractivity contribution in [1.29, 1.82) is 0 Å². The lowest BCUT2D eigenvalue weighted by Gasteiger charge is -2.15. The van der Waals surface area contributed by atoms with E-state index in [0.717, 1.165) is 33.2 Å². The molecule has 4 aromatic carbocycles. The number of phenols is 1. The molecule has 2 N–H and O–H groups in total. The Labute approximate surface area is 174 Å². The van der Waals surface area contributed by atoms with Crippen LogP contribution in [0, 0.1) is 0 Å². The van der Waals surface area contributed by atoms with Crippen molar-refractivity contribution in [2.75, 3.05) is 0 Å². The van der Waals surface area contributed by atoms with Crippen LogP contribution >= 0.6 is 0 Å². The molecule has 0 fully saturated rings. The predicted molar refractivity (Wildman–Crippen MR) is 119 cm³/mol. The van der Waals surface area contributed by atoms with Crippen LogP contribution in [0.5, 0.6) is 17.2 Å². The third-order valence-corrected chi connectivity index (χ3v) is 4.76. The van der Waals surface area contributed by atoms with E-state index in [-0.39, 0.29) is 12.2 Å². The van der Waals surface area contributed by atoms with Gasteiger partial charge in [-0.2, -0.15) is 0 Å². The van der Waals surface area contributed by atoms with E-state index in [1.54, 1.807) is 24.3 Å². The fourth-order valence-electron chi connectivity index (χ4n) is 3.28. The number of rotatable bonds is 6. The zero-order valence-electron chi connectivity index (χ0n) is 16.2. The molecular formula is C26H20O4. The maximum absolute atomic E-state index is 10.6. The minimum Gasteiger partial charge on any atom is -0.508 e. The lowest BCUT2D eigenvalue weighted by molar-refractivity contribution is -0.135. The summed E-state index contributed by atoms with van der Waals surface area (Å²) in [6.07, 6.45) is 3.38. The van der Waals surface area contributed by atoms with Gasteiger partial charge in [0.1, 0.15) is 17.2 Å². The number of hydrogen-bond acceptors (Lipinski definition) is 3. The minimum absolute atomic E-state index is 0.00968. The van der Waals surface area contributed by atoms with Gasteiger partial charge in [-0.25, -0.2) is 0 Å². The lowest BCUT2D eigenvalue weighted by atomic mass is 9.99. The predicted octanol–water partition coefficient (Wildman–Crippen LogP) is 6.49. The summed E-state index contributed by atoms with van der Waals surface area (Å²) in [4.78, 5) is 10.6. The van der Waals surface area contributed by atoms with Crippen LogP contribution < -0.4 is 4.74 Å². The molecule has 148 valence electrons. The number of carbonyl (C=O) groups is 1. The summed E-state index contributed by atoms with van der Waals surface area (Å²) in [5, 5.41) is 20.4. The van der Waals surface area contributed by atoms with Gasteiger partial charge in [-0.1, -0.05) is 66.7 Å². The topological polar surface area (TPSA) is 66.8 Å². The van der Waals surface area contributed by atoms with Gasteiger partial charge < -0.3 is 14.9 Å². The average Bonchev–Trinajstić information content (AvgIpc) is 2.76. The van der Waals surface area contributed by atoms with Crippen LogP contribution in [0.1, 0.15) is 12.0 Å². The van der Waals surface area contributed by atoms with Gasteiger partial charge in [-0.15, -0.1) is 0 Å². The van der Waals surface area contributed by atoms with Gasteiger partial charge in [0.25, 0.3) is 0 Å². The third-order valence-electron chi connectivity index (χ3n) is 4.76. The number of carboxylic acid groups (broad SMARTS) is 1. The molecule has 0 aliphatic carbocycles. The van der Waals surface area contributed by atoms with Crippen LogP contribution in [0.15, 0.2) is 91.0 Å². The van der Waals surface area contributed by atoms with Gasteiger partial charge in [0.15, 0.2) is 0 Å². The van der Waals surface area contributed by atoms with Crippen molar-refractivity contribution in [2.45, 2.75) is 6.42 Å². The summed E-state index contributed by atoms with van der Waals surface area (Å²) in [5.74, 6) is 0.784. The first-order valence-electron chi connectivity index (χ1n) is 9.57. The summed E-state index contributed by atoms with van der Waals surface area (Å²) < 4.78 is 6.32. The average molecular weight is 396 g/mol. The second kappa shape index (κ2) is 8.53. The second-order valence-electron chi connectivity index (χ2n) is 6.88. The Morgan fingerprint density at radius 3 is 2.33 bits per heavy atom. The molecule has 0 spiro atoms. The van der Waals surface area contributed by atoms with Crippen molar-refractivity contribution in [2.24, 2.45) is 0 Å². The Morgan fingerprint density at radius 1 is 0.867 bits per heavy atom. The van der Waals surface area contributed by atoms with Crippen LogP contribution in [0.2, 0.25) is 0 Å². The highest BCUT2D eigenvalue weighted by Crippen LogP contribution is 2.40. The van der Waals surface area contributed by atoms with Crippen LogP contribution in [0.3, 0.4) is 0 Å². The first-order chi connectivity index (χ1) is 14.6. The van der Waals surface area contributed by atoms with Crippen molar-refractivity contribution in [3.8, 4) is 28.4 Å². The molecule has 4 rings (SSSR count). The van der Waals surface area contributed by atoms with Gasteiger partial charge in [-0.3, -0.25) is 4.79 Å². The van der Waals surface area contributed by atoms with E-state index in [2.05, 4.69) is 6.07 Å². The first kappa shape index (κ1) is 19.3. The fraction of sp³-hybridized carbons (Fsp3) is 0.0385. The molecule has 0 unspecified atom stereocenters. The van der Waals surface area contributed by atoms with Gasteiger partial charge in [0.2, 0.25) is 0 Å². The number of hydrogen-bond donors (Lipinski definition) is 2. The van der Waals surface area contributed by atoms with E-state index in [4.69, 9.17) is 9.84 Å². The smallest absolute Gasteiger partial charge is 0.307 e. The van der Waals surface area contributed by atoms with Crippen molar-refractivity contribution in [3.63, 3.8) is 0 Å².